The smallest absolute Gasteiger partial charge is 0.262 e. The molecule has 7 heteroatoms. The largest absolute Gasteiger partial charge is 0.493 e. The standard InChI is InChI=1S/C21H25N3O4/c1-27-18-7-2-3-8-19(18)28-13-20(25)23-16-5-4-6-17(12-16)24-21(26)14-9-10-15(22)11-14/h2-8,12,14-15H,9-11,13,22H2,1H3,(H,23,25)(H,24,26). The van der Waals surface area contributed by atoms with Gasteiger partial charge in [-0.25, -0.2) is 0 Å². The fourth-order valence-corrected chi connectivity index (χ4v) is 3.25. The highest BCUT2D eigenvalue weighted by Crippen LogP contribution is 2.27. The average molecular weight is 383 g/mol. The van der Waals surface area contributed by atoms with Crippen molar-refractivity contribution in [2.75, 3.05) is 24.4 Å². The summed E-state index contributed by atoms with van der Waals surface area (Å²) in [6.45, 7) is -0.156. The first kappa shape index (κ1) is 19.7. The highest BCUT2D eigenvalue weighted by Gasteiger charge is 2.27. The molecule has 0 radical (unpaired) electrons. The first-order valence-corrected chi connectivity index (χ1v) is 9.27. The van der Waals surface area contributed by atoms with Gasteiger partial charge in [-0.15, -0.1) is 0 Å². The van der Waals surface area contributed by atoms with Gasteiger partial charge < -0.3 is 25.8 Å². The monoisotopic (exact) mass is 383 g/mol. The molecule has 148 valence electrons. The van der Waals surface area contributed by atoms with E-state index in [0.29, 0.717) is 29.3 Å². The van der Waals surface area contributed by atoms with E-state index in [1.165, 1.54) is 0 Å². The maximum Gasteiger partial charge on any atom is 0.262 e. The van der Waals surface area contributed by atoms with E-state index in [1.807, 2.05) is 6.07 Å². The molecule has 4 N–H and O–H groups in total. The summed E-state index contributed by atoms with van der Waals surface area (Å²) in [6.07, 6.45) is 2.40. The van der Waals surface area contributed by atoms with E-state index in [1.54, 1.807) is 49.6 Å². The quantitative estimate of drug-likeness (QED) is 0.682. The molecule has 2 amide bonds. The van der Waals surface area contributed by atoms with Crippen LogP contribution >= 0.6 is 0 Å². The summed E-state index contributed by atoms with van der Waals surface area (Å²) < 4.78 is 10.7. The average Bonchev–Trinajstić information content (AvgIpc) is 3.13. The van der Waals surface area contributed by atoms with Gasteiger partial charge in [-0.2, -0.15) is 0 Å². The normalized spacial score (nSPS) is 18.4. The fraction of sp³-hybridized carbons (Fsp3) is 0.333. The third-order valence-corrected chi connectivity index (χ3v) is 4.69. The van der Waals surface area contributed by atoms with Crippen LogP contribution in [0.25, 0.3) is 0 Å². The van der Waals surface area contributed by atoms with E-state index in [-0.39, 0.29) is 30.4 Å². The molecule has 0 heterocycles. The minimum Gasteiger partial charge on any atom is -0.493 e. The molecular weight excluding hydrogens is 358 g/mol. The molecule has 2 atom stereocenters. The number of amides is 2. The molecule has 28 heavy (non-hydrogen) atoms. The molecule has 1 aliphatic carbocycles. The Morgan fingerprint density at radius 2 is 1.75 bits per heavy atom. The van der Waals surface area contributed by atoms with Crippen LogP contribution in [0.15, 0.2) is 48.5 Å². The number of carbonyl (C=O) groups is 2. The van der Waals surface area contributed by atoms with Crippen LogP contribution in [0.3, 0.4) is 0 Å². The second-order valence-electron chi connectivity index (χ2n) is 6.83. The SMILES string of the molecule is COc1ccccc1OCC(=O)Nc1cccc(NC(=O)C2CCC(N)C2)c1. The summed E-state index contributed by atoms with van der Waals surface area (Å²) in [5.74, 6) is 0.664. The predicted octanol–water partition coefficient (Wildman–Crippen LogP) is 2.78. The topological polar surface area (TPSA) is 103 Å². The number of hydrogen-bond acceptors (Lipinski definition) is 5. The van der Waals surface area contributed by atoms with Crippen molar-refractivity contribution in [2.24, 2.45) is 11.7 Å². The van der Waals surface area contributed by atoms with Crippen LogP contribution < -0.4 is 25.8 Å². The molecule has 2 aromatic rings. The molecule has 0 aromatic heterocycles. The number of nitrogens with two attached hydrogens (primary N) is 1. The summed E-state index contributed by atoms with van der Waals surface area (Å²) in [6, 6.07) is 14.2. The zero-order valence-electron chi connectivity index (χ0n) is 15.8. The van der Waals surface area contributed by atoms with Gasteiger partial charge in [0.1, 0.15) is 0 Å². The Hall–Kier alpha value is -3.06. The summed E-state index contributed by atoms with van der Waals surface area (Å²) in [4.78, 5) is 24.5. The Morgan fingerprint density at radius 1 is 1.04 bits per heavy atom. The van der Waals surface area contributed by atoms with Gasteiger partial charge in [-0.3, -0.25) is 9.59 Å². The van der Waals surface area contributed by atoms with Gasteiger partial charge in [0.2, 0.25) is 5.91 Å². The van der Waals surface area contributed by atoms with Gasteiger partial charge >= 0.3 is 0 Å². The van der Waals surface area contributed by atoms with Crippen LogP contribution in [0.2, 0.25) is 0 Å². The third-order valence-electron chi connectivity index (χ3n) is 4.69. The summed E-state index contributed by atoms with van der Waals surface area (Å²) >= 11 is 0. The van der Waals surface area contributed by atoms with E-state index >= 15 is 0 Å². The summed E-state index contributed by atoms with van der Waals surface area (Å²) in [5, 5.41) is 5.66. The van der Waals surface area contributed by atoms with Gasteiger partial charge in [0.05, 0.1) is 7.11 Å². The predicted molar refractivity (Wildman–Crippen MR) is 108 cm³/mol. The van der Waals surface area contributed by atoms with Crippen molar-refractivity contribution < 1.29 is 19.1 Å². The Bertz CT molecular complexity index is 840. The lowest BCUT2D eigenvalue weighted by Crippen LogP contribution is -2.23. The van der Waals surface area contributed by atoms with Crippen molar-refractivity contribution in [3.05, 3.63) is 48.5 Å². The second-order valence-corrected chi connectivity index (χ2v) is 6.83. The van der Waals surface area contributed by atoms with Crippen molar-refractivity contribution >= 4 is 23.2 Å². The molecule has 0 saturated heterocycles. The Morgan fingerprint density at radius 3 is 2.43 bits per heavy atom. The Kier molecular flexibility index (Phi) is 6.49. The molecule has 2 aromatic carbocycles. The summed E-state index contributed by atoms with van der Waals surface area (Å²) in [7, 11) is 1.54. The molecule has 1 aliphatic rings. The zero-order chi connectivity index (χ0) is 19.9. The van der Waals surface area contributed by atoms with Crippen molar-refractivity contribution in [3.63, 3.8) is 0 Å². The van der Waals surface area contributed by atoms with Crippen LogP contribution in [0.5, 0.6) is 11.5 Å². The number of para-hydroxylation sites is 2. The first-order valence-electron chi connectivity index (χ1n) is 9.27. The molecule has 0 spiro atoms. The van der Waals surface area contributed by atoms with Crippen LogP contribution in [0, 0.1) is 5.92 Å². The maximum absolute atomic E-state index is 12.3. The molecule has 0 aliphatic heterocycles. The maximum atomic E-state index is 12.3. The van der Waals surface area contributed by atoms with Gasteiger partial charge in [0, 0.05) is 23.3 Å². The minimum absolute atomic E-state index is 0.0315. The number of hydrogen-bond donors (Lipinski definition) is 3. The number of benzene rings is 2. The van der Waals surface area contributed by atoms with Crippen LogP contribution in [0.4, 0.5) is 11.4 Å². The van der Waals surface area contributed by atoms with E-state index in [9.17, 15) is 9.59 Å². The lowest BCUT2D eigenvalue weighted by molar-refractivity contribution is -0.120. The first-order chi connectivity index (χ1) is 13.5. The van der Waals surface area contributed by atoms with Gasteiger partial charge in [-0.1, -0.05) is 18.2 Å². The van der Waals surface area contributed by atoms with Gasteiger partial charge in [0.15, 0.2) is 18.1 Å². The fourth-order valence-electron chi connectivity index (χ4n) is 3.25. The summed E-state index contributed by atoms with van der Waals surface area (Å²) in [5.41, 5.74) is 7.09. The molecule has 0 bridgehead atoms. The van der Waals surface area contributed by atoms with Gasteiger partial charge in [0.25, 0.3) is 5.91 Å². The van der Waals surface area contributed by atoms with Crippen LogP contribution in [0.1, 0.15) is 19.3 Å². The second kappa shape index (κ2) is 9.23. The third kappa shape index (κ3) is 5.23. The number of carbonyl (C=O) groups excluding carboxylic acids is 2. The lowest BCUT2D eigenvalue weighted by atomic mass is 10.1. The van der Waals surface area contributed by atoms with Crippen molar-refractivity contribution in [1.82, 2.24) is 0 Å². The lowest BCUT2D eigenvalue weighted by Gasteiger charge is -2.13. The molecular formula is C21H25N3O4. The highest BCUT2D eigenvalue weighted by molar-refractivity contribution is 5.95. The van der Waals surface area contributed by atoms with E-state index < -0.39 is 0 Å². The number of rotatable bonds is 7. The Labute approximate surface area is 164 Å². The molecule has 1 fully saturated rings. The van der Waals surface area contributed by atoms with Crippen LogP contribution in [-0.4, -0.2) is 31.6 Å². The number of anilines is 2. The molecule has 7 nitrogen and oxygen atoms in total. The highest BCUT2D eigenvalue weighted by atomic mass is 16.5. The Balaban J connectivity index is 1.53. The number of nitrogens with one attached hydrogen (secondary N) is 2. The minimum atomic E-state index is -0.309. The molecule has 3 rings (SSSR count). The van der Waals surface area contributed by atoms with Crippen molar-refractivity contribution in [2.45, 2.75) is 25.3 Å². The molecule has 2 unspecified atom stereocenters. The number of methoxy groups -OCH3 is 1. The molecule has 1 saturated carbocycles. The van der Waals surface area contributed by atoms with E-state index in [0.717, 1.165) is 12.8 Å². The van der Waals surface area contributed by atoms with E-state index in [4.69, 9.17) is 15.2 Å². The van der Waals surface area contributed by atoms with Crippen LogP contribution in [-0.2, 0) is 9.59 Å². The zero-order valence-corrected chi connectivity index (χ0v) is 15.8. The van der Waals surface area contributed by atoms with E-state index in [2.05, 4.69) is 10.6 Å². The van der Waals surface area contributed by atoms with Gasteiger partial charge in [-0.05, 0) is 49.6 Å². The number of ether oxygens (including phenoxy) is 2. The van der Waals surface area contributed by atoms with Crippen molar-refractivity contribution in [1.29, 1.82) is 0 Å². The van der Waals surface area contributed by atoms with Crippen molar-refractivity contribution in [3.8, 4) is 11.5 Å².